The number of halogens is 1. The summed E-state index contributed by atoms with van der Waals surface area (Å²) in [7, 11) is -2.63. The average molecular weight is 559 g/mol. The lowest BCUT2D eigenvalue weighted by molar-refractivity contribution is -0.132. The molecule has 1 amide bonds. The third-order valence-electron chi connectivity index (χ3n) is 5.53. The standard InChI is InChI=1S/C24H19BrN2O7S/c1-34-19-12-14(4-11-18(19)28)21-20(22(29)13-2-5-15(25)6-3-13)23(30)24(31)27(21)16-7-9-17(10-8-16)35(26,32)33/h2-12,21,28-29H,1H3,(H2,26,32,33). The Kier molecular flexibility index (Phi) is 6.41. The number of aliphatic hydroxyl groups is 1. The molecule has 11 heteroatoms. The van der Waals surface area contributed by atoms with Gasteiger partial charge in [-0.1, -0.05) is 34.1 Å². The van der Waals surface area contributed by atoms with Gasteiger partial charge in [0.1, 0.15) is 5.76 Å². The van der Waals surface area contributed by atoms with Crippen molar-refractivity contribution in [1.82, 2.24) is 0 Å². The molecular weight excluding hydrogens is 540 g/mol. The van der Waals surface area contributed by atoms with Gasteiger partial charge >= 0.3 is 0 Å². The van der Waals surface area contributed by atoms with Gasteiger partial charge in [0.25, 0.3) is 11.7 Å². The van der Waals surface area contributed by atoms with Crippen molar-refractivity contribution in [3.63, 3.8) is 0 Å². The van der Waals surface area contributed by atoms with E-state index in [1.54, 1.807) is 24.3 Å². The fraction of sp³-hybridized carbons (Fsp3) is 0.0833. The molecule has 4 rings (SSSR count). The molecule has 1 atom stereocenters. The van der Waals surface area contributed by atoms with Crippen LogP contribution in [0.2, 0.25) is 0 Å². The Labute approximate surface area is 209 Å². The third-order valence-corrected chi connectivity index (χ3v) is 6.98. The van der Waals surface area contributed by atoms with Crippen LogP contribution in [0.15, 0.2) is 81.7 Å². The summed E-state index contributed by atoms with van der Waals surface area (Å²) in [5.41, 5.74) is 0.700. The highest BCUT2D eigenvalue weighted by Crippen LogP contribution is 2.44. The Hall–Kier alpha value is -3.67. The molecule has 1 saturated heterocycles. The van der Waals surface area contributed by atoms with E-state index in [9.17, 15) is 28.2 Å². The van der Waals surface area contributed by atoms with Crippen LogP contribution < -0.4 is 14.8 Å². The second kappa shape index (κ2) is 9.17. The Balaban J connectivity index is 1.95. The summed E-state index contributed by atoms with van der Waals surface area (Å²) in [5, 5.41) is 26.3. The first kappa shape index (κ1) is 24.5. The maximum atomic E-state index is 13.2. The molecular formula is C24H19BrN2O7S. The number of carbonyl (C=O) groups excluding carboxylic acids is 2. The highest BCUT2D eigenvalue weighted by atomic mass is 79.9. The number of ketones is 1. The van der Waals surface area contributed by atoms with Crippen LogP contribution in [0.25, 0.3) is 5.76 Å². The molecule has 0 saturated carbocycles. The van der Waals surface area contributed by atoms with Crippen molar-refractivity contribution in [2.24, 2.45) is 5.14 Å². The summed E-state index contributed by atoms with van der Waals surface area (Å²) in [6.45, 7) is 0. The van der Waals surface area contributed by atoms with E-state index in [2.05, 4.69) is 15.9 Å². The number of hydrogen-bond acceptors (Lipinski definition) is 7. The number of anilines is 1. The largest absolute Gasteiger partial charge is 0.507 e. The van der Waals surface area contributed by atoms with Gasteiger partial charge in [-0.3, -0.25) is 14.5 Å². The van der Waals surface area contributed by atoms with Gasteiger partial charge in [-0.25, -0.2) is 13.6 Å². The maximum absolute atomic E-state index is 13.2. The summed E-state index contributed by atoms with van der Waals surface area (Å²) < 4.78 is 29.2. The van der Waals surface area contributed by atoms with Gasteiger partial charge in [-0.15, -0.1) is 0 Å². The van der Waals surface area contributed by atoms with E-state index >= 15 is 0 Å². The molecule has 35 heavy (non-hydrogen) atoms. The van der Waals surface area contributed by atoms with Crippen molar-refractivity contribution < 1.29 is 33.0 Å². The number of Topliss-reactive ketones (excluding diaryl/α,β-unsaturated/α-hetero) is 1. The van der Waals surface area contributed by atoms with Crippen molar-refractivity contribution in [2.45, 2.75) is 10.9 Å². The number of aromatic hydroxyl groups is 1. The van der Waals surface area contributed by atoms with Crippen LogP contribution in [0.1, 0.15) is 17.2 Å². The second-order valence-electron chi connectivity index (χ2n) is 7.65. The summed E-state index contributed by atoms with van der Waals surface area (Å²) in [6.07, 6.45) is 0. The monoisotopic (exact) mass is 558 g/mol. The fourth-order valence-corrected chi connectivity index (χ4v) is 4.62. The molecule has 0 spiro atoms. The van der Waals surface area contributed by atoms with Crippen molar-refractivity contribution in [3.05, 3.63) is 87.9 Å². The smallest absolute Gasteiger partial charge is 0.300 e. The zero-order valence-electron chi connectivity index (χ0n) is 18.2. The number of phenols is 1. The average Bonchev–Trinajstić information content (AvgIpc) is 3.09. The predicted molar refractivity (Wildman–Crippen MR) is 131 cm³/mol. The van der Waals surface area contributed by atoms with Crippen LogP contribution in [0.5, 0.6) is 11.5 Å². The Morgan fingerprint density at radius 1 is 1.03 bits per heavy atom. The van der Waals surface area contributed by atoms with Crippen LogP contribution in [0, 0.1) is 0 Å². The van der Waals surface area contributed by atoms with Crippen molar-refractivity contribution in [3.8, 4) is 11.5 Å². The van der Waals surface area contributed by atoms with Gasteiger partial charge in [-0.2, -0.15) is 0 Å². The Morgan fingerprint density at radius 2 is 1.66 bits per heavy atom. The maximum Gasteiger partial charge on any atom is 0.300 e. The Bertz CT molecular complexity index is 1470. The number of carbonyl (C=O) groups is 2. The molecule has 1 unspecified atom stereocenters. The van der Waals surface area contributed by atoms with Crippen LogP contribution in [-0.4, -0.2) is 37.4 Å². The van der Waals surface area contributed by atoms with E-state index in [-0.39, 0.29) is 27.7 Å². The molecule has 3 aromatic rings. The molecule has 1 heterocycles. The number of nitrogens with two attached hydrogens (primary N) is 1. The molecule has 1 fully saturated rings. The van der Waals surface area contributed by atoms with Crippen LogP contribution in [0.4, 0.5) is 5.69 Å². The van der Waals surface area contributed by atoms with E-state index < -0.39 is 33.5 Å². The molecule has 4 N–H and O–H groups in total. The summed E-state index contributed by atoms with van der Waals surface area (Å²) in [6, 6.07) is 14.8. The molecule has 0 bridgehead atoms. The number of methoxy groups -OCH3 is 1. The number of aliphatic hydroxyl groups excluding tert-OH is 1. The molecule has 3 aromatic carbocycles. The highest BCUT2D eigenvalue weighted by molar-refractivity contribution is 9.10. The second-order valence-corrected chi connectivity index (χ2v) is 10.1. The summed E-state index contributed by atoms with van der Waals surface area (Å²) >= 11 is 3.31. The number of sulfonamides is 1. The van der Waals surface area contributed by atoms with Crippen LogP contribution in [-0.2, 0) is 19.6 Å². The van der Waals surface area contributed by atoms with Gasteiger partial charge in [0.2, 0.25) is 10.0 Å². The van der Waals surface area contributed by atoms with E-state index in [0.29, 0.717) is 11.1 Å². The zero-order chi connectivity index (χ0) is 25.5. The highest BCUT2D eigenvalue weighted by Gasteiger charge is 2.47. The summed E-state index contributed by atoms with van der Waals surface area (Å²) in [4.78, 5) is 27.4. The van der Waals surface area contributed by atoms with Gasteiger partial charge in [-0.05, 0) is 54.1 Å². The topological polar surface area (TPSA) is 147 Å². The SMILES string of the molecule is COc1cc(C2C(=C(O)c3ccc(Br)cc3)C(=O)C(=O)N2c2ccc(S(N)(=O)=O)cc2)ccc1O. The van der Waals surface area contributed by atoms with Crippen LogP contribution >= 0.6 is 15.9 Å². The molecule has 1 aliphatic heterocycles. The minimum absolute atomic E-state index is 0.0984. The lowest BCUT2D eigenvalue weighted by Gasteiger charge is -2.26. The van der Waals surface area contributed by atoms with Crippen LogP contribution in [0.3, 0.4) is 0 Å². The van der Waals surface area contributed by atoms with Gasteiger partial charge in [0.15, 0.2) is 11.5 Å². The lowest BCUT2D eigenvalue weighted by atomic mass is 9.95. The van der Waals surface area contributed by atoms with Crippen molar-refractivity contribution in [2.75, 3.05) is 12.0 Å². The van der Waals surface area contributed by atoms with Gasteiger partial charge < -0.3 is 14.9 Å². The van der Waals surface area contributed by atoms with E-state index in [1.807, 2.05) is 0 Å². The first-order valence-electron chi connectivity index (χ1n) is 10.1. The summed E-state index contributed by atoms with van der Waals surface area (Å²) in [5.74, 6) is -2.31. The number of hydrogen-bond donors (Lipinski definition) is 3. The minimum atomic E-state index is -3.98. The minimum Gasteiger partial charge on any atom is -0.507 e. The fourth-order valence-electron chi connectivity index (χ4n) is 3.84. The molecule has 180 valence electrons. The molecule has 0 radical (unpaired) electrons. The molecule has 1 aliphatic rings. The number of amides is 1. The Morgan fingerprint density at radius 3 is 2.23 bits per heavy atom. The number of primary sulfonamides is 1. The van der Waals surface area contributed by atoms with Crippen molar-refractivity contribution >= 4 is 49.1 Å². The number of benzene rings is 3. The van der Waals surface area contributed by atoms with Crippen molar-refractivity contribution in [1.29, 1.82) is 0 Å². The number of nitrogens with zero attached hydrogens (tertiary/aromatic N) is 1. The first-order chi connectivity index (χ1) is 16.5. The quantitative estimate of drug-likeness (QED) is 0.247. The number of ether oxygens (including phenoxy) is 1. The van der Waals surface area contributed by atoms with E-state index in [0.717, 1.165) is 9.37 Å². The van der Waals surface area contributed by atoms with E-state index in [1.165, 1.54) is 49.6 Å². The molecule has 0 aromatic heterocycles. The zero-order valence-corrected chi connectivity index (χ0v) is 20.6. The molecule has 0 aliphatic carbocycles. The number of rotatable bonds is 5. The predicted octanol–water partition coefficient (Wildman–Crippen LogP) is 3.44. The number of phenolic OH excluding ortho intramolecular Hbond substituents is 1. The van der Waals surface area contributed by atoms with Gasteiger partial charge in [0.05, 0.1) is 23.6 Å². The molecule has 9 nitrogen and oxygen atoms in total. The third kappa shape index (κ3) is 4.53. The van der Waals surface area contributed by atoms with Gasteiger partial charge in [0, 0.05) is 15.7 Å². The first-order valence-corrected chi connectivity index (χ1v) is 12.4. The van der Waals surface area contributed by atoms with E-state index in [4.69, 9.17) is 9.88 Å². The normalized spacial score (nSPS) is 17.6. The lowest BCUT2D eigenvalue weighted by Crippen LogP contribution is -2.29.